The third-order valence-electron chi connectivity index (χ3n) is 4.51. The monoisotopic (exact) mass is 483 g/mol. The number of amides is 1. The number of pyridine rings is 1. The summed E-state index contributed by atoms with van der Waals surface area (Å²) in [5.74, 6) is -0.527. The summed E-state index contributed by atoms with van der Waals surface area (Å²) in [6.07, 6.45) is 5.89. The maximum atomic E-state index is 14.3. The third kappa shape index (κ3) is 8.09. The molecule has 0 radical (unpaired) electrons. The van der Waals surface area contributed by atoms with Crippen LogP contribution in [0.3, 0.4) is 0 Å². The predicted molar refractivity (Wildman–Crippen MR) is 129 cm³/mol. The minimum absolute atomic E-state index is 0.0610. The van der Waals surface area contributed by atoms with Crippen molar-refractivity contribution in [1.82, 2.24) is 15.0 Å². The summed E-state index contributed by atoms with van der Waals surface area (Å²) in [5.41, 5.74) is 1.98. The highest BCUT2D eigenvalue weighted by Gasteiger charge is 2.12. The van der Waals surface area contributed by atoms with E-state index in [1.807, 2.05) is 0 Å². The van der Waals surface area contributed by atoms with Crippen LogP contribution in [-0.2, 0) is 27.1 Å². The van der Waals surface area contributed by atoms with Crippen molar-refractivity contribution in [1.29, 1.82) is 0 Å². The lowest BCUT2D eigenvalue weighted by molar-refractivity contribution is -0.116. The molecule has 0 fully saturated rings. The van der Waals surface area contributed by atoms with E-state index in [1.165, 1.54) is 30.5 Å². The number of hydrogen-bond donors (Lipinski definition) is 2. The average molecular weight is 484 g/mol. The highest BCUT2D eigenvalue weighted by molar-refractivity contribution is 7.88. The number of nitrogens with one attached hydrogen (secondary N) is 2. The molecule has 0 spiro atoms. The molecule has 0 aliphatic heterocycles. The highest BCUT2D eigenvalue weighted by atomic mass is 32.2. The molecule has 1 amide bonds. The van der Waals surface area contributed by atoms with Crippen molar-refractivity contribution >= 4 is 22.0 Å². The summed E-state index contributed by atoms with van der Waals surface area (Å²) in [6.45, 7) is 3.80. The van der Waals surface area contributed by atoms with Crippen molar-refractivity contribution in [2.75, 3.05) is 0 Å². The van der Waals surface area contributed by atoms with Gasteiger partial charge < -0.3 is 10.1 Å². The second-order valence-electron chi connectivity index (χ2n) is 7.88. The maximum Gasteiger partial charge on any atom is 0.244 e. The van der Waals surface area contributed by atoms with Crippen LogP contribution in [0.2, 0.25) is 0 Å². The number of halogens is 1. The van der Waals surface area contributed by atoms with Crippen LogP contribution in [0, 0.1) is 5.82 Å². The van der Waals surface area contributed by atoms with Gasteiger partial charge in [0.25, 0.3) is 0 Å². The average Bonchev–Trinajstić information content (AvgIpc) is 2.78. The Morgan fingerprint density at radius 2 is 1.85 bits per heavy atom. The zero-order valence-corrected chi connectivity index (χ0v) is 19.7. The van der Waals surface area contributed by atoms with Crippen molar-refractivity contribution in [3.63, 3.8) is 0 Å². The molecule has 0 saturated heterocycles. The number of nitrogens with zero attached hydrogens (tertiary/aromatic N) is 1. The van der Waals surface area contributed by atoms with Crippen molar-refractivity contribution in [3.8, 4) is 11.5 Å². The van der Waals surface area contributed by atoms with Gasteiger partial charge in [0.2, 0.25) is 15.9 Å². The van der Waals surface area contributed by atoms with Gasteiger partial charge in [0, 0.05) is 24.9 Å². The minimum atomic E-state index is -3.39. The Hall–Kier alpha value is -3.56. The molecule has 1 heterocycles. The van der Waals surface area contributed by atoms with E-state index in [9.17, 15) is 17.6 Å². The van der Waals surface area contributed by atoms with Crippen LogP contribution in [0.15, 0.2) is 73.1 Å². The first-order valence-electron chi connectivity index (χ1n) is 10.6. The number of aromatic nitrogens is 1. The zero-order chi connectivity index (χ0) is 24.6. The molecule has 7 nitrogen and oxygen atoms in total. The van der Waals surface area contributed by atoms with E-state index in [0.29, 0.717) is 16.9 Å². The van der Waals surface area contributed by atoms with E-state index >= 15 is 0 Å². The molecule has 1 aromatic heterocycles. The van der Waals surface area contributed by atoms with E-state index in [4.69, 9.17) is 4.74 Å². The summed E-state index contributed by atoms with van der Waals surface area (Å²) >= 11 is 0. The number of sulfonamides is 1. The van der Waals surface area contributed by atoms with Crippen LogP contribution in [0.1, 0.15) is 30.5 Å². The second kappa shape index (κ2) is 11.5. The fourth-order valence-corrected chi connectivity index (χ4v) is 4.46. The molecular formula is C25H26FN3O4S. The lowest BCUT2D eigenvalue weighted by Gasteiger charge is -2.10. The molecule has 3 rings (SSSR count). The molecule has 9 heteroatoms. The quantitative estimate of drug-likeness (QED) is 0.422. The minimum Gasteiger partial charge on any atom is -0.453 e. The van der Waals surface area contributed by atoms with Gasteiger partial charge in [0.1, 0.15) is 5.75 Å². The Morgan fingerprint density at radius 1 is 1.12 bits per heavy atom. The fraction of sp³-hybridized carbons (Fsp3) is 0.200. The molecule has 2 aromatic carbocycles. The zero-order valence-electron chi connectivity index (χ0n) is 18.9. The maximum absolute atomic E-state index is 14.3. The van der Waals surface area contributed by atoms with Gasteiger partial charge in [0.05, 0.1) is 11.9 Å². The van der Waals surface area contributed by atoms with Gasteiger partial charge in [-0.1, -0.05) is 30.3 Å². The fourth-order valence-electron chi connectivity index (χ4n) is 3.03. The van der Waals surface area contributed by atoms with Gasteiger partial charge in [-0.2, -0.15) is 0 Å². The van der Waals surface area contributed by atoms with Crippen LogP contribution in [0.4, 0.5) is 4.39 Å². The van der Waals surface area contributed by atoms with Gasteiger partial charge >= 0.3 is 0 Å². The van der Waals surface area contributed by atoms with E-state index in [0.717, 1.165) is 5.56 Å². The molecule has 2 N–H and O–H groups in total. The van der Waals surface area contributed by atoms with Crippen LogP contribution >= 0.6 is 0 Å². The van der Waals surface area contributed by atoms with E-state index in [1.54, 1.807) is 62.5 Å². The second-order valence-corrected chi connectivity index (χ2v) is 9.63. The van der Waals surface area contributed by atoms with Crippen LogP contribution in [0.25, 0.3) is 6.08 Å². The lowest BCUT2D eigenvalue weighted by Crippen LogP contribution is -2.31. The molecule has 0 unspecified atom stereocenters. The first-order chi connectivity index (χ1) is 16.2. The SMILES string of the molecule is CC(C)NS(=O)(=O)Cc1ccc(CNC(=O)/C=C/c2ccc(Oc3cccnc3)c(F)c2)cc1. The van der Waals surface area contributed by atoms with E-state index in [2.05, 4.69) is 15.0 Å². The molecule has 0 atom stereocenters. The van der Waals surface area contributed by atoms with E-state index in [-0.39, 0.29) is 30.0 Å². The number of hydrogen-bond acceptors (Lipinski definition) is 5. The van der Waals surface area contributed by atoms with Crippen molar-refractivity contribution < 1.29 is 22.3 Å². The van der Waals surface area contributed by atoms with Crippen molar-refractivity contribution in [3.05, 3.63) is 95.6 Å². The molecule has 34 heavy (non-hydrogen) atoms. The number of ether oxygens (including phenoxy) is 1. The first kappa shape index (κ1) is 25.1. The van der Waals surface area contributed by atoms with Crippen LogP contribution in [-0.4, -0.2) is 25.4 Å². The van der Waals surface area contributed by atoms with Gasteiger partial charge in [0.15, 0.2) is 11.6 Å². The van der Waals surface area contributed by atoms with Crippen LogP contribution in [0.5, 0.6) is 11.5 Å². The largest absolute Gasteiger partial charge is 0.453 e. The summed E-state index contributed by atoms with van der Waals surface area (Å²) in [7, 11) is -3.39. The normalized spacial score (nSPS) is 11.6. The number of carbonyl (C=O) groups is 1. The molecule has 3 aromatic rings. The standard InChI is InChI=1S/C25H26FN3O4S/c1-18(2)29-34(31,32)17-21-7-5-20(6-8-21)15-28-25(30)12-10-19-9-11-24(23(26)14-19)33-22-4-3-13-27-16-22/h3-14,16,18,29H,15,17H2,1-2H3,(H,28,30)/b12-10+. The van der Waals surface area contributed by atoms with E-state index < -0.39 is 15.8 Å². The molecular weight excluding hydrogens is 457 g/mol. The van der Waals surface area contributed by atoms with Crippen LogP contribution < -0.4 is 14.8 Å². The first-order valence-corrected chi connectivity index (χ1v) is 12.3. The Balaban J connectivity index is 1.51. The lowest BCUT2D eigenvalue weighted by atomic mass is 10.1. The molecule has 0 aliphatic carbocycles. The number of benzene rings is 2. The van der Waals surface area contributed by atoms with Gasteiger partial charge in [-0.05, 0) is 60.9 Å². The molecule has 0 saturated carbocycles. The topological polar surface area (TPSA) is 97.4 Å². The van der Waals surface area contributed by atoms with Crippen molar-refractivity contribution in [2.45, 2.75) is 32.2 Å². The Bertz CT molecular complexity index is 1240. The number of rotatable bonds is 10. The smallest absolute Gasteiger partial charge is 0.244 e. The Kier molecular flexibility index (Phi) is 8.50. The Morgan fingerprint density at radius 3 is 2.50 bits per heavy atom. The summed E-state index contributed by atoms with van der Waals surface area (Å²) in [5, 5.41) is 2.74. The summed E-state index contributed by atoms with van der Waals surface area (Å²) < 4.78 is 46.3. The number of carbonyl (C=O) groups excluding carboxylic acids is 1. The van der Waals surface area contributed by atoms with Gasteiger partial charge in [-0.25, -0.2) is 17.5 Å². The highest BCUT2D eigenvalue weighted by Crippen LogP contribution is 2.24. The van der Waals surface area contributed by atoms with Gasteiger partial charge in [-0.3, -0.25) is 9.78 Å². The molecule has 0 bridgehead atoms. The van der Waals surface area contributed by atoms with Crippen molar-refractivity contribution in [2.24, 2.45) is 0 Å². The molecule has 0 aliphatic rings. The third-order valence-corrected chi connectivity index (χ3v) is 6.05. The molecule has 178 valence electrons. The van der Waals surface area contributed by atoms with Gasteiger partial charge in [-0.15, -0.1) is 0 Å². The Labute approximate surface area is 198 Å². The summed E-state index contributed by atoms with van der Waals surface area (Å²) in [4.78, 5) is 16.0. The predicted octanol–water partition coefficient (Wildman–Crippen LogP) is 4.17. The summed E-state index contributed by atoms with van der Waals surface area (Å²) in [6, 6.07) is 14.6.